The third kappa shape index (κ3) is 8.42. The molecule has 0 bridgehead atoms. The number of benzene rings is 2. The molecule has 0 atom stereocenters. The summed E-state index contributed by atoms with van der Waals surface area (Å²) in [4.78, 5) is 42.9. The lowest BCUT2D eigenvalue weighted by atomic mass is 9.76. The first kappa shape index (κ1) is 30.4. The maximum atomic E-state index is 13.8. The van der Waals surface area contributed by atoms with Crippen LogP contribution in [0.5, 0.6) is 0 Å². The highest BCUT2D eigenvalue weighted by Crippen LogP contribution is 2.34. The molecule has 2 aromatic rings. The van der Waals surface area contributed by atoms with Gasteiger partial charge in [-0.1, -0.05) is 48.9 Å². The highest BCUT2D eigenvalue weighted by Gasteiger charge is 2.44. The second-order valence-corrected chi connectivity index (χ2v) is 10.3. The fraction of sp³-hybridized carbons (Fsp3) is 0.483. The molecule has 1 heterocycles. The molecule has 1 fully saturated rings. The van der Waals surface area contributed by atoms with Crippen molar-refractivity contribution in [1.82, 2.24) is 15.1 Å². The first-order valence-corrected chi connectivity index (χ1v) is 13.8. The normalized spacial score (nSPS) is 14.5. The van der Waals surface area contributed by atoms with Crippen LogP contribution in [0.1, 0.15) is 37.3 Å². The third-order valence-electron chi connectivity index (χ3n) is 7.30. The number of carbonyl (C=O) groups excluding carboxylic acids is 3. The largest absolute Gasteiger partial charge is 0.385 e. The smallest absolute Gasteiger partial charge is 0.321 e. The van der Waals surface area contributed by atoms with Gasteiger partial charge in [-0.05, 0) is 55.0 Å². The number of rotatable bonds is 12. The highest BCUT2D eigenvalue weighted by atomic mass is 35.5. The number of aryl methyl sites for hydroxylation is 1. The van der Waals surface area contributed by atoms with E-state index in [4.69, 9.17) is 22.1 Å². The van der Waals surface area contributed by atoms with Crippen LogP contribution in [0, 0.1) is 5.41 Å². The van der Waals surface area contributed by atoms with E-state index in [9.17, 15) is 14.4 Å². The van der Waals surface area contributed by atoms with Gasteiger partial charge in [0.15, 0.2) is 0 Å². The monoisotopic (exact) mass is 557 g/mol. The Kier molecular flexibility index (Phi) is 11.6. The minimum absolute atomic E-state index is 0.0753. The SMILES string of the molecule is CCc1ccc(NC(=O)N(CCCOC)CC2(C(=O)NCc3ccccc3Cl)CCN(C(=O)CN)CC2)cc1. The molecule has 1 aliphatic heterocycles. The fourth-order valence-corrected chi connectivity index (χ4v) is 5.02. The first-order chi connectivity index (χ1) is 18.8. The summed E-state index contributed by atoms with van der Waals surface area (Å²) in [5.41, 5.74) is 7.37. The van der Waals surface area contributed by atoms with Crippen molar-refractivity contribution >= 4 is 35.1 Å². The van der Waals surface area contributed by atoms with E-state index in [0.29, 0.717) is 56.2 Å². The van der Waals surface area contributed by atoms with Gasteiger partial charge in [0.2, 0.25) is 11.8 Å². The molecular formula is C29H40ClN5O4. The van der Waals surface area contributed by atoms with Crippen LogP contribution >= 0.6 is 11.6 Å². The van der Waals surface area contributed by atoms with Crippen LogP contribution in [0.15, 0.2) is 48.5 Å². The third-order valence-corrected chi connectivity index (χ3v) is 7.67. The van der Waals surface area contributed by atoms with Gasteiger partial charge in [0.25, 0.3) is 0 Å². The predicted octanol–water partition coefficient (Wildman–Crippen LogP) is 3.66. The van der Waals surface area contributed by atoms with Crippen LogP contribution in [0.3, 0.4) is 0 Å². The van der Waals surface area contributed by atoms with Crippen LogP contribution < -0.4 is 16.4 Å². The molecule has 1 aliphatic rings. The summed E-state index contributed by atoms with van der Waals surface area (Å²) in [6, 6.07) is 14.8. The summed E-state index contributed by atoms with van der Waals surface area (Å²) >= 11 is 6.31. The Hall–Kier alpha value is -3.14. The van der Waals surface area contributed by atoms with Crippen LogP contribution in [0.25, 0.3) is 0 Å². The summed E-state index contributed by atoms with van der Waals surface area (Å²) in [6.07, 6.45) is 2.35. The molecule has 4 amide bonds. The van der Waals surface area contributed by atoms with Gasteiger partial charge in [-0.2, -0.15) is 0 Å². The van der Waals surface area contributed by atoms with Gasteiger partial charge >= 0.3 is 6.03 Å². The summed E-state index contributed by atoms with van der Waals surface area (Å²) in [5.74, 6) is -0.315. The lowest BCUT2D eigenvalue weighted by Crippen LogP contribution is -2.56. The fourth-order valence-electron chi connectivity index (χ4n) is 4.82. The number of nitrogens with two attached hydrogens (primary N) is 1. The van der Waals surface area contributed by atoms with Gasteiger partial charge in [0.1, 0.15) is 0 Å². The number of methoxy groups -OCH3 is 1. The Labute approximate surface area is 236 Å². The molecule has 39 heavy (non-hydrogen) atoms. The number of carbonyl (C=O) groups is 3. The lowest BCUT2D eigenvalue weighted by Gasteiger charge is -2.43. The van der Waals surface area contributed by atoms with Crippen molar-refractivity contribution < 1.29 is 19.1 Å². The summed E-state index contributed by atoms with van der Waals surface area (Å²) in [6.45, 7) is 4.15. The molecule has 0 aliphatic carbocycles. The van der Waals surface area contributed by atoms with Gasteiger partial charge in [-0.25, -0.2) is 4.79 Å². The number of nitrogens with zero attached hydrogens (tertiary/aromatic N) is 2. The second-order valence-electron chi connectivity index (χ2n) is 9.89. The highest BCUT2D eigenvalue weighted by molar-refractivity contribution is 6.31. The van der Waals surface area contributed by atoms with E-state index in [2.05, 4.69) is 17.6 Å². The number of ether oxygens (including phenoxy) is 1. The molecule has 3 rings (SSSR count). The molecule has 212 valence electrons. The number of piperidine rings is 1. The standard InChI is InChI=1S/C29H40ClN5O4/c1-3-22-9-11-24(12-10-22)33-28(38)35(15-6-18-39-2)21-29(13-16-34(17-14-29)26(36)19-31)27(37)32-20-23-7-4-5-8-25(23)30/h4-5,7-12H,3,6,13-21,31H2,1-2H3,(H,32,37)(H,33,38). The van der Waals surface area contributed by atoms with Crippen molar-refractivity contribution in [2.75, 3.05) is 51.8 Å². The molecule has 10 heteroatoms. The molecule has 0 unspecified atom stereocenters. The first-order valence-electron chi connectivity index (χ1n) is 13.4. The maximum absolute atomic E-state index is 13.8. The van der Waals surface area contributed by atoms with E-state index in [-0.39, 0.29) is 37.5 Å². The van der Waals surface area contributed by atoms with E-state index >= 15 is 0 Å². The molecule has 0 spiro atoms. The van der Waals surface area contributed by atoms with Crippen molar-refractivity contribution in [2.45, 2.75) is 39.2 Å². The van der Waals surface area contributed by atoms with Gasteiger partial charge in [0, 0.05) is 57.2 Å². The van der Waals surface area contributed by atoms with E-state index in [1.807, 2.05) is 42.5 Å². The minimum atomic E-state index is -0.886. The molecule has 4 N–H and O–H groups in total. The number of hydrogen-bond acceptors (Lipinski definition) is 5. The topological polar surface area (TPSA) is 117 Å². The van der Waals surface area contributed by atoms with Crippen molar-refractivity contribution in [1.29, 1.82) is 0 Å². The van der Waals surface area contributed by atoms with Gasteiger partial charge in [0.05, 0.1) is 12.0 Å². The summed E-state index contributed by atoms with van der Waals surface area (Å²) in [7, 11) is 1.62. The van der Waals surface area contributed by atoms with Crippen molar-refractivity contribution in [3.63, 3.8) is 0 Å². The zero-order valence-electron chi connectivity index (χ0n) is 22.9. The van der Waals surface area contributed by atoms with Gasteiger partial charge < -0.3 is 30.9 Å². The summed E-state index contributed by atoms with van der Waals surface area (Å²) in [5, 5.41) is 6.61. The molecule has 0 aromatic heterocycles. The Bertz CT molecular complexity index is 1100. The number of likely N-dealkylation sites (tertiary alicyclic amines) is 1. The lowest BCUT2D eigenvalue weighted by molar-refractivity contribution is -0.140. The van der Waals surface area contributed by atoms with E-state index in [1.54, 1.807) is 23.0 Å². The summed E-state index contributed by atoms with van der Waals surface area (Å²) < 4.78 is 5.22. The second kappa shape index (κ2) is 14.9. The molecular weight excluding hydrogens is 518 g/mol. The average Bonchev–Trinajstić information content (AvgIpc) is 2.96. The Balaban J connectivity index is 1.81. The van der Waals surface area contributed by atoms with Gasteiger partial charge in [-0.3, -0.25) is 9.59 Å². The average molecular weight is 558 g/mol. The zero-order chi connectivity index (χ0) is 28.3. The van der Waals surface area contributed by atoms with E-state index < -0.39 is 5.41 Å². The number of halogens is 1. The molecule has 0 saturated carbocycles. The maximum Gasteiger partial charge on any atom is 0.321 e. The predicted molar refractivity (Wildman–Crippen MR) is 154 cm³/mol. The molecule has 9 nitrogen and oxygen atoms in total. The van der Waals surface area contributed by atoms with Gasteiger partial charge in [-0.15, -0.1) is 0 Å². The Morgan fingerprint density at radius 1 is 1.10 bits per heavy atom. The van der Waals surface area contributed by atoms with Crippen molar-refractivity contribution in [3.8, 4) is 0 Å². The molecule has 2 aromatic carbocycles. The van der Waals surface area contributed by atoms with Crippen LogP contribution in [0.2, 0.25) is 5.02 Å². The Morgan fingerprint density at radius 3 is 2.41 bits per heavy atom. The van der Waals surface area contributed by atoms with E-state index in [1.165, 1.54) is 5.56 Å². The number of urea groups is 1. The molecule has 0 radical (unpaired) electrons. The van der Waals surface area contributed by atoms with E-state index in [0.717, 1.165) is 12.0 Å². The minimum Gasteiger partial charge on any atom is -0.385 e. The number of nitrogens with one attached hydrogen (secondary N) is 2. The number of hydrogen-bond donors (Lipinski definition) is 3. The molecule has 1 saturated heterocycles. The van der Waals surface area contributed by atoms with Crippen LogP contribution in [0.4, 0.5) is 10.5 Å². The van der Waals surface area contributed by atoms with Crippen molar-refractivity contribution in [2.24, 2.45) is 11.1 Å². The number of amides is 4. The van der Waals surface area contributed by atoms with Crippen LogP contribution in [-0.4, -0.2) is 74.1 Å². The number of anilines is 1. The Morgan fingerprint density at radius 2 is 1.79 bits per heavy atom. The zero-order valence-corrected chi connectivity index (χ0v) is 23.6. The van der Waals surface area contributed by atoms with Crippen LogP contribution in [-0.2, 0) is 27.3 Å². The quantitative estimate of drug-likeness (QED) is 0.344. The van der Waals surface area contributed by atoms with Crippen molar-refractivity contribution in [3.05, 3.63) is 64.7 Å².